The molecule has 2 N–H and O–H groups in total. The summed E-state index contributed by atoms with van der Waals surface area (Å²) in [6, 6.07) is 7.69. The molecule has 0 aliphatic heterocycles. The summed E-state index contributed by atoms with van der Waals surface area (Å²) < 4.78 is 29.6. The van der Waals surface area contributed by atoms with Gasteiger partial charge >= 0.3 is 0 Å². The lowest BCUT2D eigenvalue weighted by atomic mass is 10.2. The molecule has 0 spiro atoms. The summed E-state index contributed by atoms with van der Waals surface area (Å²) in [5.74, 6) is 0. The predicted octanol–water partition coefficient (Wildman–Crippen LogP) is 2.64. The minimum atomic E-state index is -4.02. The number of aryl methyl sites for hydroxylation is 1. The molecule has 2 aromatic rings. The average molecular weight is 355 g/mol. The molecule has 2 rings (SSSR count). The Balaban J connectivity index is 0.000000231. The summed E-state index contributed by atoms with van der Waals surface area (Å²) in [4.78, 5) is 8.05. The SMILES string of the molecule is CSc1nccc(C(C)=NO)n1.Cc1ccc(S(=O)(=O)O)cc1. The summed E-state index contributed by atoms with van der Waals surface area (Å²) in [6.07, 6.45) is 3.54. The first kappa shape index (κ1) is 19.1. The van der Waals surface area contributed by atoms with Gasteiger partial charge in [0.05, 0.1) is 10.6 Å². The van der Waals surface area contributed by atoms with E-state index in [2.05, 4.69) is 15.1 Å². The second-order valence-electron chi connectivity index (χ2n) is 4.40. The van der Waals surface area contributed by atoms with Crippen molar-refractivity contribution in [3.63, 3.8) is 0 Å². The summed E-state index contributed by atoms with van der Waals surface area (Å²) in [5, 5.41) is 12.2. The van der Waals surface area contributed by atoms with Crippen molar-refractivity contribution in [2.45, 2.75) is 23.9 Å². The van der Waals surface area contributed by atoms with Crippen molar-refractivity contribution >= 4 is 27.6 Å². The fraction of sp³-hybridized carbons (Fsp3) is 0.214. The Bertz CT molecular complexity index is 775. The first-order chi connectivity index (χ1) is 10.8. The van der Waals surface area contributed by atoms with Crippen LogP contribution < -0.4 is 0 Å². The maximum atomic E-state index is 10.5. The molecule has 9 heteroatoms. The molecule has 0 radical (unpaired) electrons. The van der Waals surface area contributed by atoms with Crippen molar-refractivity contribution in [1.29, 1.82) is 0 Å². The van der Waals surface area contributed by atoms with Crippen molar-refractivity contribution in [3.05, 3.63) is 47.8 Å². The first-order valence-corrected chi connectivity index (χ1v) is 9.04. The van der Waals surface area contributed by atoms with Crippen molar-refractivity contribution < 1.29 is 18.2 Å². The highest BCUT2D eigenvalue weighted by molar-refractivity contribution is 7.98. The lowest BCUT2D eigenvalue weighted by Crippen LogP contribution is -2.00. The topological polar surface area (TPSA) is 113 Å². The highest BCUT2D eigenvalue weighted by Gasteiger charge is 2.06. The van der Waals surface area contributed by atoms with E-state index >= 15 is 0 Å². The maximum Gasteiger partial charge on any atom is 0.294 e. The third-order valence-corrected chi connectivity index (χ3v) is 4.09. The van der Waals surface area contributed by atoms with Gasteiger partial charge in [0.1, 0.15) is 5.71 Å². The van der Waals surface area contributed by atoms with Gasteiger partial charge in [-0.25, -0.2) is 9.97 Å². The molecule has 0 aliphatic rings. The van der Waals surface area contributed by atoms with Crippen LogP contribution in [0.5, 0.6) is 0 Å². The predicted molar refractivity (Wildman–Crippen MR) is 88.8 cm³/mol. The Morgan fingerprint density at radius 2 is 1.83 bits per heavy atom. The zero-order valence-corrected chi connectivity index (χ0v) is 14.5. The van der Waals surface area contributed by atoms with Crippen molar-refractivity contribution in [3.8, 4) is 0 Å². The van der Waals surface area contributed by atoms with E-state index in [9.17, 15) is 8.42 Å². The van der Waals surface area contributed by atoms with E-state index in [4.69, 9.17) is 9.76 Å². The molecule has 0 atom stereocenters. The number of oxime groups is 1. The van der Waals surface area contributed by atoms with Crippen molar-refractivity contribution in [1.82, 2.24) is 9.97 Å². The molecule has 0 unspecified atom stereocenters. The minimum absolute atomic E-state index is 0.0666. The van der Waals surface area contributed by atoms with Crippen LogP contribution in [0.2, 0.25) is 0 Å². The molecule has 1 aromatic carbocycles. The molecule has 1 heterocycles. The highest BCUT2D eigenvalue weighted by atomic mass is 32.2. The van der Waals surface area contributed by atoms with Gasteiger partial charge in [-0.05, 0) is 38.3 Å². The molecule has 0 fully saturated rings. The van der Waals surface area contributed by atoms with Crippen molar-refractivity contribution in [2.24, 2.45) is 5.16 Å². The van der Waals surface area contributed by atoms with Crippen LogP contribution in [0, 0.1) is 6.92 Å². The third-order valence-electron chi connectivity index (χ3n) is 2.66. The molecule has 0 aliphatic carbocycles. The molecule has 0 amide bonds. The number of hydrogen-bond donors (Lipinski definition) is 2. The Hall–Kier alpha value is -1.97. The van der Waals surface area contributed by atoms with Gasteiger partial charge in [-0.15, -0.1) is 0 Å². The molecule has 124 valence electrons. The van der Waals surface area contributed by atoms with E-state index in [1.165, 1.54) is 23.9 Å². The third kappa shape index (κ3) is 6.35. The molecule has 0 bridgehead atoms. The van der Waals surface area contributed by atoms with Crippen LogP contribution in [-0.2, 0) is 10.1 Å². The summed E-state index contributed by atoms with van der Waals surface area (Å²) in [5.41, 5.74) is 2.10. The number of nitrogens with zero attached hydrogens (tertiary/aromatic N) is 3. The van der Waals surface area contributed by atoms with Gasteiger partial charge in [0.25, 0.3) is 10.1 Å². The summed E-state index contributed by atoms with van der Waals surface area (Å²) in [6.45, 7) is 3.53. The first-order valence-electron chi connectivity index (χ1n) is 6.38. The Labute approximate surface area is 139 Å². The average Bonchev–Trinajstić information content (AvgIpc) is 2.54. The zero-order chi connectivity index (χ0) is 17.5. The normalized spacial score (nSPS) is 11.6. The van der Waals surface area contributed by atoms with Crippen LogP contribution in [0.1, 0.15) is 18.2 Å². The molecule has 0 saturated heterocycles. The van der Waals surface area contributed by atoms with E-state index < -0.39 is 10.1 Å². The largest absolute Gasteiger partial charge is 0.411 e. The molecule has 1 aromatic heterocycles. The molecule has 23 heavy (non-hydrogen) atoms. The van der Waals surface area contributed by atoms with Gasteiger partial charge in [0, 0.05) is 6.20 Å². The molecule has 0 saturated carbocycles. The van der Waals surface area contributed by atoms with E-state index in [1.54, 1.807) is 31.3 Å². The van der Waals surface area contributed by atoms with Gasteiger partial charge in [-0.3, -0.25) is 4.55 Å². The number of thioether (sulfide) groups is 1. The lowest BCUT2D eigenvalue weighted by Gasteiger charge is -1.98. The smallest absolute Gasteiger partial charge is 0.294 e. The van der Waals surface area contributed by atoms with Gasteiger partial charge in [-0.1, -0.05) is 34.6 Å². The van der Waals surface area contributed by atoms with E-state index in [-0.39, 0.29) is 4.90 Å². The number of aromatic nitrogens is 2. The maximum absolute atomic E-state index is 10.5. The molecular formula is C14H17N3O4S2. The standard InChI is InChI=1S/C7H9N3OS.C7H8O3S/c1-5(10-11)6-3-4-8-7(9-6)12-2;1-6-2-4-7(5-3-6)11(8,9)10/h3-4,11H,1-2H3;2-5H,1H3,(H,8,9,10). The monoisotopic (exact) mass is 355 g/mol. The second kappa shape index (κ2) is 8.61. The van der Waals surface area contributed by atoms with Crippen LogP contribution in [0.25, 0.3) is 0 Å². The second-order valence-corrected chi connectivity index (χ2v) is 6.60. The van der Waals surface area contributed by atoms with Crippen LogP contribution in [-0.4, -0.2) is 40.1 Å². The number of benzene rings is 1. The number of rotatable bonds is 3. The Morgan fingerprint density at radius 1 is 1.22 bits per heavy atom. The fourth-order valence-electron chi connectivity index (χ4n) is 1.40. The quantitative estimate of drug-likeness (QED) is 0.217. The van der Waals surface area contributed by atoms with Crippen LogP contribution in [0.15, 0.2) is 51.7 Å². The molecule has 7 nitrogen and oxygen atoms in total. The molecular weight excluding hydrogens is 338 g/mol. The minimum Gasteiger partial charge on any atom is -0.411 e. The van der Waals surface area contributed by atoms with E-state index in [0.29, 0.717) is 16.6 Å². The van der Waals surface area contributed by atoms with Crippen LogP contribution in [0.3, 0.4) is 0 Å². The summed E-state index contributed by atoms with van der Waals surface area (Å²) in [7, 11) is -4.02. The van der Waals surface area contributed by atoms with Crippen molar-refractivity contribution in [2.75, 3.05) is 6.26 Å². The number of hydrogen-bond acceptors (Lipinski definition) is 7. The summed E-state index contributed by atoms with van der Waals surface area (Å²) >= 11 is 1.45. The lowest BCUT2D eigenvalue weighted by molar-refractivity contribution is 0.319. The Morgan fingerprint density at radius 3 is 2.30 bits per heavy atom. The highest BCUT2D eigenvalue weighted by Crippen LogP contribution is 2.09. The van der Waals surface area contributed by atoms with Crippen LogP contribution >= 0.6 is 11.8 Å². The van der Waals surface area contributed by atoms with Gasteiger partial charge in [-0.2, -0.15) is 8.42 Å². The van der Waals surface area contributed by atoms with E-state index in [0.717, 1.165) is 5.56 Å². The van der Waals surface area contributed by atoms with Gasteiger partial charge in [0.2, 0.25) is 0 Å². The van der Waals surface area contributed by atoms with Gasteiger partial charge < -0.3 is 5.21 Å². The zero-order valence-electron chi connectivity index (χ0n) is 12.8. The van der Waals surface area contributed by atoms with Crippen LogP contribution in [0.4, 0.5) is 0 Å². The van der Waals surface area contributed by atoms with Gasteiger partial charge in [0.15, 0.2) is 5.16 Å². The Kier molecular flexibility index (Phi) is 7.14. The fourth-order valence-corrected chi connectivity index (χ4v) is 2.24. The van der Waals surface area contributed by atoms with E-state index in [1.807, 2.05) is 13.2 Å².